The van der Waals surface area contributed by atoms with Crippen molar-refractivity contribution >= 4 is 23.8 Å². The molecule has 0 unspecified atom stereocenters. The van der Waals surface area contributed by atoms with Gasteiger partial charge in [0, 0.05) is 31.7 Å². The highest BCUT2D eigenvalue weighted by atomic mass is 19.1. The lowest BCUT2D eigenvalue weighted by Gasteiger charge is -2.12. The van der Waals surface area contributed by atoms with Gasteiger partial charge in [-0.05, 0) is 47.5 Å². The van der Waals surface area contributed by atoms with Gasteiger partial charge in [0.25, 0.3) is 5.91 Å². The largest absolute Gasteiger partial charge is 0.497 e. The number of anilines is 3. The number of nitrogens with one attached hydrogen (secondary N) is 4. The maximum absolute atomic E-state index is 13.6. The molecule has 1 amide bonds. The van der Waals surface area contributed by atoms with Gasteiger partial charge in [0.05, 0.1) is 33.5 Å². The van der Waals surface area contributed by atoms with Crippen molar-refractivity contribution in [2.24, 2.45) is 0 Å². The first kappa shape index (κ1) is 31.1. The number of methoxy groups -OCH3 is 1. The maximum atomic E-state index is 13.6. The van der Waals surface area contributed by atoms with Gasteiger partial charge in [-0.15, -0.1) is 0 Å². The van der Waals surface area contributed by atoms with Gasteiger partial charge in [-0.2, -0.15) is 15.0 Å². The molecule has 12 heteroatoms. The average molecular weight is 590 g/mol. The van der Waals surface area contributed by atoms with E-state index in [0.717, 1.165) is 16.9 Å². The number of aromatic nitrogens is 3. The fourth-order valence-electron chi connectivity index (χ4n) is 3.89. The topological polar surface area (TPSA) is 132 Å². The number of carbonyl (C=O) groups excluding carboxylic acids is 1. The molecule has 0 fully saturated rings. The van der Waals surface area contributed by atoms with E-state index in [4.69, 9.17) is 14.2 Å². The molecular formula is C31H36FN7O4. The molecule has 0 bridgehead atoms. The molecule has 1 aromatic heterocycles. The molecule has 0 aliphatic rings. The fraction of sp³-hybridized carbons (Fsp3) is 0.290. The van der Waals surface area contributed by atoms with Crippen LogP contribution in [0.3, 0.4) is 0 Å². The van der Waals surface area contributed by atoms with Gasteiger partial charge < -0.3 is 35.5 Å². The molecule has 226 valence electrons. The van der Waals surface area contributed by atoms with Crippen LogP contribution in [0.2, 0.25) is 0 Å². The van der Waals surface area contributed by atoms with Gasteiger partial charge in [-0.1, -0.05) is 42.5 Å². The molecule has 0 spiro atoms. The molecule has 0 aliphatic heterocycles. The smallest absolute Gasteiger partial charge is 0.251 e. The van der Waals surface area contributed by atoms with Crippen LogP contribution in [0, 0.1) is 5.82 Å². The Morgan fingerprint density at radius 2 is 1.30 bits per heavy atom. The second-order valence-electron chi connectivity index (χ2n) is 9.27. The summed E-state index contributed by atoms with van der Waals surface area (Å²) in [5.41, 5.74) is 2.37. The zero-order valence-corrected chi connectivity index (χ0v) is 24.0. The number of halogens is 1. The lowest BCUT2D eigenvalue weighted by molar-refractivity contribution is 0.0519. The number of benzene rings is 3. The molecule has 0 aliphatic carbocycles. The van der Waals surface area contributed by atoms with Crippen molar-refractivity contribution < 1.29 is 23.4 Å². The average Bonchev–Trinajstić information content (AvgIpc) is 3.04. The molecular weight excluding hydrogens is 553 g/mol. The molecule has 1 heterocycles. The van der Waals surface area contributed by atoms with Crippen LogP contribution in [-0.4, -0.2) is 67.5 Å². The third-order valence-electron chi connectivity index (χ3n) is 6.03. The number of nitrogens with zero attached hydrogens (tertiary/aromatic N) is 3. The number of hydrogen-bond donors (Lipinski definition) is 4. The van der Waals surface area contributed by atoms with Gasteiger partial charge in [0.2, 0.25) is 17.8 Å². The predicted molar refractivity (Wildman–Crippen MR) is 163 cm³/mol. The minimum atomic E-state index is -0.307. The van der Waals surface area contributed by atoms with Crippen molar-refractivity contribution in [3.05, 3.63) is 101 Å². The van der Waals surface area contributed by atoms with E-state index in [1.54, 1.807) is 25.3 Å². The van der Waals surface area contributed by atoms with Gasteiger partial charge in [0.15, 0.2) is 0 Å². The van der Waals surface area contributed by atoms with E-state index < -0.39 is 0 Å². The van der Waals surface area contributed by atoms with Crippen molar-refractivity contribution in [2.45, 2.75) is 13.1 Å². The van der Waals surface area contributed by atoms with E-state index >= 15 is 0 Å². The molecule has 0 radical (unpaired) electrons. The van der Waals surface area contributed by atoms with Crippen molar-refractivity contribution in [2.75, 3.05) is 62.6 Å². The zero-order chi connectivity index (χ0) is 30.1. The normalized spacial score (nSPS) is 10.7. The summed E-state index contributed by atoms with van der Waals surface area (Å²) in [5.74, 6) is 1.39. The van der Waals surface area contributed by atoms with Gasteiger partial charge in [0.1, 0.15) is 11.6 Å². The number of hydrogen-bond acceptors (Lipinski definition) is 10. The number of ether oxygens (including phenoxy) is 3. The first-order chi connectivity index (χ1) is 21.1. The lowest BCUT2D eigenvalue weighted by atomic mass is 10.2. The highest BCUT2D eigenvalue weighted by Gasteiger charge is 2.08. The quantitative estimate of drug-likeness (QED) is 0.126. The van der Waals surface area contributed by atoms with E-state index in [9.17, 15) is 9.18 Å². The highest BCUT2D eigenvalue weighted by Crippen LogP contribution is 2.15. The Bertz CT molecular complexity index is 1430. The monoisotopic (exact) mass is 589 g/mol. The van der Waals surface area contributed by atoms with Crippen molar-refractivity contribution in [3.8, 4) is 5.75 Å². The number of carbonyl (C=O) groups is 1. The van der Waals surface area contributed by atoms with Crippen LogP contribution < -0.4 is 26.0 Å². The van der Waals surface area contributed by atoms with Crippen LogP contribution in [0.25, 0.3) is 0 Å². The van der Waals surface area contributed by atoms with Crippen LogP contribution >= 0.6 is 0 Å². The van der Waals surface area contributed by atoms with E-state index in [1.807, 2.05) is 48.5 Å². The maximum Gasteiger partial charge on any atom is 0.251 e. The molecule has 0 saturated heterocycles. The second kappa shape index (κ2) is 17.2. The Morgan fingerprint density at radius 1 is 0.698 bits per heavy atom. The summed E-state index contributed by atoms with van der Waals surface area (Å²) in [7, 11) is 1.62. The van der Waals surface area contributed by atoms with Crippen LogP contribution in [0.15, 0.2) is 78.9 Å². The van der Waals surface area contributed by atoms with Crippen LogP contribution in [0.4, 0.5) is 22.2 Å². The SMILES string of the molecule is COc1cccc(CNc2nc(NCCOCCOCCNC(=O)c3ccccc3)nc(NCc3cccc(F)c3)n2)c1. The highest BCUT2D eigenvalue weighted by molar-refractivity contribution is 5.94. The van der Waals surface area contributed by atoms with Crippen molar-refractivity contribution in [1.82, 2.24) is 20.3 Å². The number of amides is 1. The van der Waals surface area contributed by atoms with E-state index in [-0.39, 0.29) is 11.7 Å². The fourth-order valence-corrected chi connectivity index (χ4v) is 3.89. The molecule has 4 aromatic rings. The third kappa shape index (κ3) is 11.2. The second-order valence-corrected chi connectivity index (χ2v) is 9.27. The molecule has 4 N–H and O–H groups in total. The lowest BCUT2D eigenvalue weighted by Crippen LogP contribution is -2.27. The minimum absolute atomic E-state index is 0.129. The zero-order valence-electron chi connectivity index (χ0n) is 24.0. The van der Waals surface area contributed by atoms with Gasteiger partial charge >= 0.3 is 0 Å². The molecule has 3 aromatic carbocycles. The van der Waals surface area contributed by atoms with Crippen LogP contribution in [0.1, 0.15) is 21.5 Å². The number of rotatable bonds is 18. The molecule has 11 nitrogen and oxygen atoms in total. The van der Waals surface area contributed by atoms with Crippen LogP contribution in [-0.2, 0) is 22.6 Å². The molecule has 0 saturated carbocycles. The third-order valence-corrected chi connectivity index (χ3v) is 6.03. The van der Waals surface area contributed by atoms with Crippen molar-refractivity contribution in [3.63, 3.8) is 0 Å². The molecule has 0 atom stereocenters. The summed E-state index contributed by atoms with van der Waals surface area (Å²) in [4.78, 5) is 25.4. The Hall–Kier alpha value is -4.81. The van der Waals surface area contributed by atoms with E-state index in [1.165, 1.54) is 12.1 Å². The summed E-state index contributed by atoms with van der Waals surface area (Å²) in [6.45, 7) is 3.28. The first-order valence-electron chi connectivity index (χ1n) is 13.9. The molecule has 43 heavy (non-hydrogen) atoms. The summed E-state index contributed by atoms with van der Waals surface area (Å²) < 4.78 is 30.1. The standard InChI is InChI=1S/C31H36FN7O4/c1-41-27-12-6-8-24(20-27)22-36-31-38-29(37-30(39-31)35-21-23-7-5-11-26(32)19-23)34-14-16-43-18-17-42-15-13-33-28(40)25-9-3-2-4-10-25/h2-12,19-20H,13-18,21-22H2,1H3,(H,33,40)(H3,34,35,36,37,38,39). The van der Waals surface area contributed by atoms with Gasteiger partial charge in [-0.25, -0.2) is 4.39 Å². The van der Waals surface area contributed by atoms with Crippen molar-refractivity contribution in [1.29, 1.82) is 0 Å². The van der Waals surface area contributed by atoms with Gasteiger partial charge in [-0.3, -0.25) is 4.79 Å². The summed E-state index contributed by atoms with van der Waals surface area (Å²) in [6, 6.07) is 23.1. The summed E-state index contributed by atoms with van der Waals surface area (Å²) in [5, 5.41) is 12.3. The first-order valence-corrected chi connectivity index (χ1v) is 13.9. The summed E-state index contributed by atoms with van der Waals surface area (Å²) in [6.07, 6.45) is 0. The van der Waals surface area contributed by atoms with Crippen LogP contribution in [0.5, 0.6) is 5.75 Å². The van der Waals surface area contributed by atoms with E-state index in [2.05, 4.69) is 36.2 Å². The Labute approximate surface area is 250 Å². The summed E-state index contributed by atoms with van der Waals surface area (Å²) >= 11 is 0. The Kier molecular flexibility index (Phi) is 12.5. The minimum Gasteiger partial charge on any atom is -0.497 e. The Balaban J connectivity index is 1.20. The Morgan fingerprint density at radius 3 is 1.95 bits per heavy atom. The predicted octanol–water partition coefficient (Wildman–Crippen LogP) is 4.12. The molecule has 4 rings (SSSR count). The van der Waals surface area contributed by atoms with E-state index in [0.29, 0.717) is 76.0 Å².